The highest BCUT2D eigenvalue weighted by Crippen LogP contribution is 2.12. The van der Waals surface area contributed by atoms with Crippen LogP contribution < -0.4 is 0 Å². The maximum atomic E-state index is 12.0. The SMILES string of the molecule is CC(C)c1ncc(C(=O)CS(=O)c2ccccc2)[nH]1. The summed E-state index contributed by atoms with van der Waals surface area (Å²) in [4.78, 5) is 19.8. The van der Waals surface area contributed by atoms with Crippen LogP contribution in [0, 0.1) is 0 Å². The number of nitrogens with zero attached hydrogens (tertiary/aromatic N) is 1. The third kappa shape index (κ3) is 3.38. The van der Waals surface area contributed by atoms with Crippen LogP contribution in [0.25, 0.3) is 0 Å². The predicted molar refractivity (Wildman–Crippen MR) is 74.7 cm³/mol. The van der Waals surface area contributed by atoms with Crippen LogP contribution >= 0.6 is 0 Å². The molecule has 0 bridgehead atoms. The smallest absolute Gasteiger partial charge is 0.193 e. The highest BCUT2D eigenvalue weighted by molar-refractivity contribution is 7.85. The summed E-state index contributed by atoms with van der Waals surface area (Å²) in [6.45, 7) is 3.99. The van der Waals surface area contributed by atoms with Crippen LogP contribution in [0.15, 0.2) is 41.4 Å². The molecule has 0 aliphatic heterocycles. The molecule has 0 radical (unpaired) electrons. The fraction of sp³-hybridized carbons (Fsp3) is 0.286. The fourth-order valence-electron chi connectivity index (χ4n) is 1.62. The van der Waals surface area contributed by atoms with Crippen molar-refractivity contribution < 1.29 is 9.00 Å². The van der Waals surface area contributed by atoms with Crippen molar-refractivity contribution in [1.82, 2.24) is 9.97 Å². The summed E-state index contributed by atoms with van der Waals surface area (Å²) < 4.78 is 12.0. The lowest BCUT2D eigenvalue weighted by Crippen LogP contribution is -2.11. The molecule has 1 aromatic heterocycles. The van der Waals surface area contributed by atoms with Crippen molar-refractivity contribution >= 4 is 16.6 Å². The Labute approximate surface area is 114 Å². The number of rotatable bonds is 5. The van der Waals surface area contributed by atoms with E-state index in [1.54, 1.807) is 12.1 Å². The van der Waals surface area contributed by atoms with Crippen molar-refractivity contribution in [2.24, 2.45) is 0 Å². The van der Waals surface area contributed by atoms with E-state index in [2.05, 4.69) is 9.97 Å². The number of H-pyrrole nitrogens is 1. The highest BCUT2D eigenvalue weighted by atomic mass is 32.2. The molecule has 0 saturated carbocycles. The average molecular weight is 276 g/mol. The minimum absolute atomic E-state index is 0.0241. The van der Waals surface area contributed by atoms with Crippen LogP contribution in [0.4, 0.5) is 0 Å². The number of ketones is 1. The molecule has 2 aromatic rings. The Morgan fingerprint density at radius 2 is 2.00 bits per heavy atom. The van der Waals surface area contributed by atoms with Crippen LogP contribution in [-0.2, 0) is 10.8 Å². The van der Waals surface area contributed by atoms with Gasteiger partial charge in [0.1, 0.15) is 11.5 Å². The molecule has 0 aliphatic carbocycles. The number of carbonyl (C=O) groups is 1. The van der Waals surface area contributed by atoms with Gasteiger partial charge in [-0.05, 0) is 12.1 Å². The van der Waals surface area contributed by atoms with E-state index in [0.29, 0.717) is 10.6 Å². The molecule has 0 spiro atoms. The quantitative estimate of drug-likeness (QED) is 0.853. The van der Waals surface area contributed by atoms with Gasteiger partial charge in [-0.3, -0.25) is 9.00 Å². The molecule has 1 N–H and O–H groups in total. The Bertz CT molecular complexity index is 591. The predicted octanol–water partition coefficient (Wildman–Crippen LogP) is 2.52. The number of aromatic nitrogens is 2. The normalized spacial score (nSPS) is 12.6. The van der Waals surface area contributed by atoms with Gasteiger partial charge in [0.15, 0.2) is 5.78 Å². The van der Waals surface area contributed by atoms with Gasteiger partial charge in [0.05, 0.1) is 22.7 Å². The molecule has 0 aliphatic rings. The second-order valence-corrected chi connectivity index (χ2v) is 6.01. The molecule has 2 rings (SSSR count). The van der Waals surface area contributed by atoms with Crippen molar-refractivity contribution in [2.45, 2.75) is 24.7 Å². The van der Waals surface area contributed by atoms with Gasteiger partial charge in [-0.1, -0.05) is 32.0 Å². The van der Waals surface area contributed by atoms with Crippen molar-refractivity contribution in [3.8, 4) is 0 Å². The number of hydrogen-bond donors (Lipinski definition) is 1. The Kier molecular flexibility index (Phi) is 4.27. The Hall–Kier alpha value is -1.75. The minimum Gasteiger partial charge on any atom is -0.339 e. The van der Waals surface area contributed by atoms with Crippen molar-refractivity contribution in [2.75, 3.05) is 5.75 Å². The van der Waals surface area contributed by atoms with E-state index in [0.717, 1.165) is 5.82 Å². The molecule has 100 valence electrons. The van der Waals surface area contributed by atoms with Crippen LogP contribution in [0.1, 0.15) is 36.1 Å². The zero-order chi connectivity index (χ0) is 13.8. The van der Waals surface area contributed by atoms with Crippen molar-refractivity contribution in [3.05, 3.63) is 48.0 Å². The second-order valence-electron chi connectivity index (χ2n) is 4.56. The van der Waals surface area contributed by atoms with Gasteiger partial charge in [-0.15, -0.1) is 0 Å². The topological polar surface area (TPSA) is 62.8 Å². The molecule has 1 atom stereocenters. The van der Waals surface area contributed by atoms with Gasteiger partial charge in [-0.25, -0.2) is 4.98 Å². The first-order chi connectivity index (χ1) is 9.08. The van der Waals surface area contributed by atoms with Gasteiger partial charge < -0.3 is 4.98 Å². The first-order valence-electron chi connectivity index (χ1n) is 6.09. The van der Waals surface area contributed by atoms with E-state index >= 15 is 0 Å². The van der Waals surface area contributed by atoms with E-state index in [1.165, 1.54) is 6.20 Å². The number of benzene rings is 1. The molecule has 1 heterocycles. The summed E-state index contributed by atoms with van der Waals surface area (Å²) in [6, 6.07) is 8.99. The summed E-state index contributed by atoms with van der Waals surface area (Å²) in [7, 11) is -1.31. The fourth-order valence-corrected chi connectivity index (χ4v) is 2.65. The Morgan fingerprint density at radius 3 is 2.58 bits per heavy atom. The number of aromatic amines is 1. The number of hydrogen-bond acceptors (Lipinski definition) is 3. The Balaban J connectivity index is 2.06. The Morgan fingerprint density at radius 1 is 1.32 bits per heavy atom. The standard InChI is InChI=1S/C14H16N2O2S/c1-10(2)14-15-8-12(16-14)13(17)9-19(18)11-6-4-3-5-7-11/h3-8,10H,9H2,1-2H3,(H,15,16). The van der Waals surface area contributed by atoms with Gasteiger partial charge >= 0.3 is 0 Å². The summed E-state index contributed by atoms with van der Waals surface area (Å²) in [5, 5.41) is 0. The number of carbonyl (C=O) groups excluding carboxylic acids is 1. The summed E-state index contributed by atoms with van der Waals surface area (Å²) >= 11 is 0. The molecule has 1 aromatic carbocycles. The monoisotopic (exact) mass is 276 g/mol. The van der Waals surface area contributed by atoms with Crippen LogP contribution in [0.5, 0.6) is 0 Å². The van der Waals surface area contributed by atoms with Crippen LogP contribution in [0.2, 0.25) is 0 Å². The number of imidazole rings is 1. The van der Waals surface area contributed by atoms with E-state index in [-0.39, 0.29) is 17.5 Å². The second kappa shape index (κ2) is 5.93. The zero-order valence-electron chi connectivity index (χ0n) is 10.9. The molecule has 0 saturated heterocycles. The van der Waals surface area contributed by atoms with Crippen LogP contribution in [0.3, 0.4) is 0 Å². The number of nitrogens with one attached hydrogen (secondary N) is 1. The van der Waals surface area contributed by atoms with Gasteiger partial charge in [0.25, 0.3) is 0 Å². The molecule has 19 heavy (non-hydrogen) atoms. The highest BCUT2D eigenvalue weighted by Gasteiger charge is 2.15. The summed E-state index contributed by atoms with van der Waals surface area (Å²) in [5.74, 6) is 0.806. The van der Waals surface area contributed by atoms with E-state index in [1.807, 2.05) is 32.0 Å². The zero-order valence-corrected chi connectivity index (χ0v) is 11.7. The molecule has 0 amide bonds. The van der Waals surface area contributed by atoms with E-state index in [9.17, 15) is 9.00 Å². The van der Waals surface area contributed by atoms with E-state index in [4.69, 9.17) is 0 Å². The lowest BCUT2D eigenvalue weighted by Gasteiger charge is -2.01. The molecule has 1 unspecified atom stereocenters. The first kappa shape index (κ1) is 13.7. The van der Waals surface area contributed by atoms with Gasteiger partial charge in [-0.2, -0.15) is 0 Å². The number of Topliss-reactive ketones (excluding diaryl/α,β-unsaturated/α-hetero) is 1. The summed E-state index contributed by atoms with van der Waals surface area (Å²) in [5.41, 5.74) is 0.424. The van der Waals surface area contributed by atoms with Crippen molar-refractivity contribution in [3.63, 3.8) is 0 Å². The molecular formula is C14H16N2O2S. The average Bonchev–Trinajstić information content (AvgIpc) is 2.89. The summed E-state index contributed by atoms with van der Waals surface area (Å²) in [6.07, 6.45) is 1.51. The lowest BCUT2D eigenvalue weighted by molar-refractivity contribution is 0.101. The third-order valence-electron chi connectivity index (χ3n) is 2.71. The van der Waals surface area contributed by atoms with Crippen molar-refractivity contribution in [1.29, 1.82) is 0 Å². The third-order valence-corrected chi connectivity index (χ3v) is 4.03. The molecular weight excluding hydrogens is 260 g/mol. The first-order valence-corrected chi connectivity index (χ1v) is 7.41. The lowest BCUT2D eigenvalue weighted by atomic mass is 10.2. The molecule has 0 fully saturated rings. The van der Waals surface area contributed by atoms with E-state index < -0.39 is 10.8 Å². The molecule has 4 nitrogen and oxygen atoms in total. The maximum Gasteiger partial charge on any atom is 0.193 e. The largest absolute Gasteiger partial charge is 0.339 e. The molecule has 5 heteroatoms. The van der Waals surface area contributed by atoms with Crippen LogP contribution in [-0.4, -0.2) is 25.7 Å². The van der Waals surface area contributed by atoms with Gasteiger partial charge in [0.2, 0.25) is 0 Å². The maximum absolute atomic E-state index is 12.0. The van der Waals surface area contributed by atoms with Gasteiger partial charge in [0, 0.05) is 10.8 Å². The minimum atomic E-state index is -1.31.